The number of unbranched alkanes of at least 4 members (excludes halogenated alkanes) is 8. The lowest BCUT2D eigenvalue weighted by Crippen LogP contribution is -2.23. The van der Waals surface area contributed by atoms with Gasteiger partial charge in [0.2, 0.25) is 0 Å². The first-order valence-electron chi connectivity index (χ1n) is 12.0. The highest BCUT2D eigenvalue weighted by Crippen LogP contribution is 2.19. The zero-order valence-electron chi connectivity index (χ0n) is 19.1. The summed E-state index contributed by atoms with van der Waals surface area (Å²) in [6.07, 6.45) is 20.5. The van der Waals surface area contributed by atoms with Crippen LogP contribution in [-0.4, -0.2) is 19.1 Å². The normalized spacial score (nSPS) is 12.2. The van der Waals surface area contributed by atoms with Gasteiger partial charge in [-0.3, -0.25) is 4.79 Å². The zero-order valence-corrected chi connectivity index (χ0v) is 19.1. The number of rotatable bonds is 19. The highest BCUT2D eigenvalue weighted by atomic mass is 16.5. The summed E-state index contributed by atoms with van der Waals surface area (Å²) in [5.74, 6) is -0.111. The first kappa shape index (κ1) is 26.2. The molecule has 0 fully saturated rings. The van der Waals surface area contributed by atoms with E-state index in [1.165, 1.54) is 50.5 Å². The molecule has 0 saturated heterocycles. The monoisotopic (exact) mass is 413 g/mol. The molecule has 1 aromatic rings. The molecule has 1 rings (SSSR count). The Hall–Kier alpha value is -1.87. The van der Waals surface area contributed by atoms with Gasteiger partial charge in [0.15, 0.2) is 0 Å². The van der Waals surface area contributed by atoms with Crippen molar-refractivity contribution < 1.29 is 9.53 Å². The van der Waals surface area contributed by atoms with Crippen LogP contribution in [0.2, 0.25) is 0 Å². The van der Waals surface area contributed by atoms with Crippen LogP contribution in [0.4, 0.5) is 0 Å². The van der Waals surface area contributed by atoms with Crippen molar-refractivity contribution in [1.82, 2.24) is 5.32 Å². The van der Waals surface area contributed by atoms with Gasteiger partial charge in [-0.05, 0) is 64.0 Å². The number of carbonyl (C=O) groups excluding carboxylic acids is 1. The van der Waals surface area contributed by atoms with E-state index >= 15 is 0 Å². The molecule has 0 aliphatic carbocycles. The fraction of sp³-hybridized carbons (Fsp3) is 0.593. The van der Waals surface area contributed by atoms with Crippen molar-refractivity contribution in [2.75, 3.05) is 13.2 Å². The molecular weight excluding hydrogens is 370 g/mol. The Morgan fingerprint density at radius 3 is 2.27 bits per heavy atom. The van der Waals surface area contributed by atoms with E-state index in [1.807, 2.05) is 19.1 Å². The summed E-state index contributed by atoms with van der Waals surface area (Å²) in [4.78, 5) is 11.7. The van der Waals surface area contributed by atoms with Gasteiger partial charge in [-0.1, -0.05) is 74.2 Å². The van der Waals surface area contributed by atoms with Crippen LogP contribution in [0.3, 0.4) is 0 Å². The quantitative estimate of drug-likeness (QED) is 0.147. The molecule has 0 aromatic heterocycles. The molecule has 3 nitrogen and oxygen atoms in total. The molecule has 0 saturated carbocycles. The number of benzene rings is 1. The Morgan fingerprint density at radius 1 is 0.967 bits per heavy atom. The molecule has 0 heterocycles. The van der Waals surface area contributed by atoms with E-state index in [0.717, 1.165) is 32.2 Å². The first-order valence-corrected chi connectivity index (χ1v) is 12.0. The number of ether oxygens (including phenoxy) is 1. The number of nitrogens with one attached hydrogen (secondary N) is 1. The second-order valence-corrected chi connectivity index (χ2v) is 7.86. The van der Waals surface area contributed by atoms with Crippen LogP contribution in [0.25, 0.3) is 0 Å². The minimum Gasteiger partial charge on any atom is -0.466 e. The summed E-state index contributed by atoms with van der Waals surface area (Å²) in [7, 11) is 0. The van der Waals surface area contributed by atoms with Crippen molar-refractivity contribution >= 4 is 5.97 Å². The Morgan fingerprint density at radius 2 is 1.60 bits per heavy atom. The molecule has 0 spiro atoms. The van der Waals surface area contributed by atoms with Crippen molar-refractivity contribution in [2.24, 2.45) is 0 Å². The molecule has 30 heavy (non-hydrogen) atoms. The lowest BCUT2D eigenvalue weighted by Gasteiger charge is -2.19. The first-order chi connectivity index (χ1) is 14.8. The fourth-order valence-corrected chi connectivity index (χ4v) is 3.56. The summed E-state index contributed by atoms with van der Waals surface area (Å²) in [6.45, 7) is 7.03. The molecule has 1 N–H and O–H groups in total. The molecule has 1 atom stereocenters. The molecule has 0 amide bonds. The number of hydrogen-bond acceptors (Lipinski definition) is 3. The topological polar surface area (TPSA) is 38.3 Å². The second kappa shape index (κ2) is 19.1. The molecule has 0 aliphatic heterocycles. The molecule has 168 valence electrons. The lowest BCUT2D eigenvalue weighted by molar-refractivity contribution is -0.143. The van der Waals surface area contributed by atoms with Crippen LogP contribution in [0, 0.1) is 0 Å². The Bertz CT molecular complexity index is 567. The van der Waals surface area contributed by atoms with E-state index in [0.29, 0.717) is 13.0 Å². The highest BCUT2D eigenvalue weighted by molar-refractivity contribution is 5.69. The predicted molar refractivity (Wildman–Crippen MR) is 129 cm³/mol. The van der Waals surface area contributed by atoms with Crippen LogP contribution in [-0.2, 0) is 9.53 Å². The van der Waals surface area contributed by atoms with Gasteiger partial charge < -0.3 is 10.1 Å². The summed E-state index contributed by atoms with van der Waals surface area (Å²) >= 11 is 0. The highest BCUT2D eigenvalue weighted by Gasteiger charge is 2.13. The van der Waals surface area contributed by atoms with Crippen LogP contribution in [0.5, 0.6) is 0 Å². The van der Waals surface area contributed by atoms with E-state index in [9.17, 15) is 4.79 Å². The smallest absolute Gasteiger partial charge is 0.305 e. The Balaban J connectivity index is 2.14. The minimum atomic E-state index is -0.111. The fourth-order valence-electron chi connectivity index (χ4n) is 3.56. The summed E-state index contributed by atoms with van der Waals surface area (Å²) in [6, 6.07) is 10.6. The molecule has 0 radical (unpaired) electrons. The van der Waals surface area contributed by atoms with Gasteiger partial charge in [0.1, 0.15) is 0 Å². The molecule has 1 aromatic carbocycles. The average Bonchev–Trinajstić information content (AvgIpc) is 2.76. The summed E-state index contributed by atoms with van der Waals surface area (Å²) in [5.41, 5.74) is 1.24. The largest absolute Gasteiger partial charge is 0.466 e. The summed E-state index contributed by atoms with van der Waals surface area (Å²) < 4.78 is 5.08. The third-order valence-corrected chi connectivity index (χ3v) is 5.28. The Labute approximate surface area is 185 Å². The lowest BCUT2D eigenvalue weighted by atomic mass is 10.0. The van der Waals surface area contributed by atoms with Crippen molar-refractivity contribution in [3.63, 3.8) is 0 Å². The van der Waals surface area contributed by atoms with E-state index in [-0.39, 0.29) is 12.0 Å². The summed E-state index contributed by atoms with van der Waals surface area (Å²) in [5, 5.41) is 3.63. The maximum Gasteiger partial charge on any atom is 0.305 e. The minimum absolute atomic E-state index is 0.111. The van der Waals surface area contributed by atoms with Gasteiger partial charge >= 0.3 is 5.97 Å². The molecular formula is C27H43NO2. The maximum absolute atomic E-state index is 11.7. The predicted octanol–water partition coefficient (Wildman–Crippen LogP) is 7.30. The van der Waals surface area contributed by atoms with Crippen molar-refractivity contribution in [1.29, 1.82) is 0 Å². The molecule has 3 heteroatoms. The third-order valence-electron chi connectivity index (χ3n) is 5.28. The van der Waals surface area contributed by atoms with E-state index in [4.69, 9.17) is 4.74 Å². The Kier molecular flexibility index (Phi) is 16.7. The van der Waals surface area contributed by atoms with Crippen LogP contribution >= 0.6 is 0 Å². The van der Waals surface area contributed by atoms with Crippen molar-refractivity contribution in [3.8, 4) is 0 Å². The molecule has 0 aliphatic rings. The van der Waals surface area contributed by atoms with Crippen LogP contribution < -0.4 is 5.32 Å². The SMILES string of the molecule is C=CCCCCCCCCC=CCCCNC(CCC(=O)OCC)c1ccccc1. The van der Waals surface area contributed by atoms with Gasteiger partial charge in [0.05, 0.1) is 6.61 Å². The van der Waals surface area contributed by atoms with Gasteiger partial charge in [-0.2, -0.15) is 0 Å². The number of esters is 1. The van der Waals surface area contributed by atoms with Gasteiger partial charge in [-0.25, -0.2) is 0 Å². The van der Waals surface area contributed by atoms with Gasteiger partial charge in [0.25, 0.3) is 0 Å². The number of hydrogen-bond donors (Lipinski definition) is 1. The van der Waals surface area contributed by atoms with E-state index < -0.39 is 0 Å². The standard InChI is InChI=1S/C27H43NO2/c1-3-5-6-7-8-9-10-11-12-13-14-15-19-24-28-26(22-23-27(29)30-4-2)25-20-17-16-18-21-25/h3,13-14,16-18,20-21,26,28H,1,4-12,15,19,22-24H2,2H3. The van der Waals surface area contributed by atoms with Gasteiger partial charge in [0, 0.05) is 12.5 Å². The van der Waals surface area contributed by atoms with Crippen LogP contribution in [0.15, 0.2) is 55.1 Å². The van der Waals surface area contributed by atoms with Crippen molar-refractivity contribution in [2.45, 2.75) is 90.0 Å². The third kappa shape index (κ3) is 14.2. The van der Waals surface area contributed by atoms with E-state index in [2.05, 4.69) is 48.3 Å². The van der Waals surface area contributed by atoms with Gasteiger partial charge in [-0.15, -0.1) is 6.58 Å². The van der Waals surface area contributed by atoms with E-state index in [1.54, 1.807) is 0 Å². The maximum atomic E-state index is 11.7. The van der Waals surface area contributed by atoms with Crippen LogP contribution in [0.1, 0.15) is 95.6 Å². The second-order valence-electron chi connectivity index (χ2n) is 7.86. The number of carbonyl (C=O) groups is 1. The zero-order chi connectivity index (χ0) is 21.7. The number of allylic oxidation sites excluding steroid dienone is 3. The molecule has 1 unspecified atom stereocenters. The molecule has 0 bridgehead atoms. The average molecular weight is 414 g/mol. The van der Waals surface area contributed by atoms with Crippen molar-refractivity contribution in [3.05, 3.63) is 60.7 Å².